The summed E-state index contributed by atoms with van der Waals surface area (Å²) in [5, 5.41) is 13.3. The molecule has 7 heteroatoms. The molecule has 29 heavy (non-hydrogen) atoms. The van der Waals surface area contributed by atoms with E-state index in [1.54, 1.807) is 43.9 Å². The molecule has 0 saturated carbocycles. The number of amides is 1. The standard InChI is InChI=1S/C22H23N5O2/c1-16-9-11-27(12-10-17-7-5-4-6-8-17)22(29)20(16)21(28)25(2)15-18-13-19(14-23)26(3)24-18/h4-9,11,13H,10,12,15H2,1-3H3. The van der Waals surface area contributed by atoms with Gasteiger partial charge in [-0.05, 0) is 36.6 Å². The third-order valence-corrected chi connectivity index (χ3v) is 4.86. The number of rotatable bonds is 6. The van der Waals surface area contributed by atoms with Gasteiger partial charge in [0, 0.05) is 26.8 Å². The topological polar surface area (TPSA) is 83.9 Å². The minimum Gasteiger partial charge on any atom is -0.336 e. The zero-order valence-electron chi connectivity index (χ0n) is 16.8. The fraction of sp³-hybridized carbons (Fsp3) is 0.273. The monoisotopic (exact) mass is 389 g/mol. The molecule has 0 aliphatic carbocycles. The van der Waals surface area contributed by atoms with Crippen molar-refractivity contribution in [3.8, 4) is 6.07 Å². The lowest BCUT2D eigenvalue weighted by atomic mass is 10.1. The van der Waals surface area contributed by atoms with Gasteiger partial charge in [-0.15, -0.1) is 0 Å². The molecule has 0 bridgehead atoms. The molecule has 0 spiro atoms. The molecule has 3 aromatic rings. The highest BCUT2D eigenvalue weighted by Gasteiger charge is 2.20. The number of nitriles is 1. The number of nitrogens with zero attached hydrogens (tertiary/aromatic N) is 5. The van der Waals surface area contributed by atoms with E-state index in [9.17, 15) is 9.59 Å². The van der Waals surface area contributed by atoms with Crippen LogP contribution < -0.4 is 5.56 Å². The molecule has 0 unspecified atom stereocenters. The normalized spacial score (nSPS) is 10.6. The average Bonchev–Trinajstić information content (AvgIpc) is 3.07. The Labute approximate surface area is 169 Å². The molecule has 0 aliphatic heterocycles. The van der Waals surface area contributed by atoms with Gasteiger partial charge in [-0.2, -0.15) is 10.4 Å². The Bertz CT molecular complexity index is 1120. The second kappa shape index (κ2) is 8.57. The zero-order chi connectivity index (χ0) is 21.0. The summed E-state index contributed by atoms with van der Waals surface area (Å²) < 4.78 is 3.05. The van der Waals surface area contributed by atoms with Crippen LogP contribution in [0.4, 0.5) is 0 Å². The van der Waals surface area contributed by atoms with E-state index in [0.29, 0.717) is 29.9 Å². The SMILES string of the molecule is Cc1ccn(CCc2ccccc2)c(=O)c1C(=O)N(C)Cc1cc(C#N)n(C)n1. The molecule has 2 heterocycles. The molecule has 0 radical (unpaired) electrons. The Kier molecular flexibility index (Phi) is 5.93. The highest BCUT2D eigenvalue weighted by Crippen LogP contribution is 2.10. The third kappa shape index (κ3) is 4.43. The minimum atomic E-state index is -0.356. The van der Waals surface area contributed by atoms with Crippen LogP contribution >= 0.6 is 0 Å². The highest BCUT2D eigenvalue weighted by atomic mass is 16.2. The lowest BCUT2D eigenvalue weighted by Crippen LogP contribution is -2.35. The molecule has 0 fully saturated rings. The van der Waals surface area contributed by atoms with Gasteiger partial charge in [0.15, 0.2) is 0 Å². The van der Waals surface area contributed by atoms with Crippen LogP contribution in [0.1, 0.15) is 32.9 Å². The van der Waals surface area contributed by atoms with E-state index in [0.717, 1.165) is 5.56 Å². The Morgan fingerprint density at radius 2 is 1.97 bits per heavy atom. The predicted octanol–water partition coefficient (Wildman–Crippen LogP) is 2.28. The van der Waals surface area contributed by atoms with Gasteiger partial charge in [-0.1, -0.05) is 30.3 Å². The van der Waals surface area contributed by atoms with E-state index < -0.39 is 0 Å². The lowest BCUT2D eigenvalue weighted by Gasteiger charge is -2.18. The zero-order valence-corrected chi connectivity index (χ0v) is 16.8. The number of carbonyl (C=O) groups is 1. The van der Waals surface area contributed by atoms with Crippen molar-refractivity contribution in [3.05, 3.63) is 87.1 Å². The van der Waals surface area contributed by atoms with E-state index in [4.69, 9.17) is 5.26 Å². The van der Waals surface area contributed by atoms with Gasteiger partial charge in [-0.25, -0.2) is 0 Å². The van der Waals surface area contributed by atoms with Gasteiger partial charge in [0.1, 0.15) is 17.3 Å². The highest BCUT2D eigenvalue weighted by molar-refractivity contribution is 5.95. The van der Waals surface area contributed by atoms with Crippen molar-refractivity contribution in [1.29, 1.82) is 5.26 Å². The smallest absolute Gasteiger partial charge is 0.263 e. The van der Waals surface area contributed by atoms with Crippen molar-refractivity contribution in [2.24, 2.45) is 7.05 Å². The van der Waals surface area contributed by atoms with Gasteiger partial charge < -0.3 is 9.47 Å². The molecule has 1 amide bonds. The molecule has 1 aromatic carbocycles. The van der Waals surface area contributed by atoms with E-state index in [1.165, 1.54) is 9.58 Å². The van der Waals surface area contributed by atoms with Gasteiger partial charge in [0.25, 0.3) is 11.5 Å². The quantitative estimate of drug-likeness (QED) is 0.647. The summed E-state index contributed by atoms with van der Waals surface area (Å²) in [6, 6.07) is 15.4. The molecule has 2 aromatic heterocycles. The number of hydrogen-bond donors (Lipinski definition) is 0. The van der Waals surface area contributed by atoms with Gasteiger partial charge in [0.2, 0.25) is 0 Å². The van der Waals surface area contributed by atoms with Gasteiger partial charge in [-0.3, -0.25) is 14.3 Å². The maximum absolute atomic E-state index is 13.0. The maximum atomic E-state index is 13.0. The Morgan fingerprint density at radius 3 is 2.62 bits per heavy atom. The van der Waals surface area contributed by atoms with E-state index in [-0.39, 0.29) is 23.6 Å². The Morgan fingerprint density at radius 1 is 1.24 bits per heavy atom. The summed E-state index contributed by atoms with van der Waals surface area (Å²) in [5.74, 6) is -0.356. The number of pyridine rings is 1. The number of aryl methyl sites for hydroxylation is 4. The second-order valence-corrected chi connectivity index (χ2v) is 7.03. The van der Waals surface area contributed by atoms with Gasteiger partial charge >= 0.3 is 0 Å². The fourth-order valence-electron chi connectivity index (χ4n) is 3.21. The first kappa shape index (κ1) is 20.1. The molecule has 7 nitrogen and oxygen atoms in total. The van der Waals surface area contributed by atoms with E-state index in [2.05, 4.69) is 5.10 Å². The summed E-state index contributed by atoms with van der Waals surface area (Å²) in [7, 11) is 3.31. The summed E-state index contributed by atoms with van der Waals surface area (Å²) in [5.41, 5.74) is 2.66. The molecule has 0 aliphatic rings. The lowest BCUT2D eigenvalue weighted by molar-refractivity contribution is 0.0780. The van der Waals surface area contributed by atoms with Crippen LogP contribution in [0.15, 0.2) is 53.5 Å². The molecule has 3 rings (SSSR count). The summed E-state index contributed by atoms with van der Waals surface area (Å²) >= 11 is 0. The van der Waals surface area contributed by atoms with Crippen LogP contribution in [0, 0.1) is 18.3 Å². The largest absolute Gasteiger partial charge is 0.336 e. The van der Waals surface area contributed by atoms with Crippen molar-refractivity contribution < 1.29 is 4.79 Å². The number of hydrogen-bond acceptors (Lipinski definition) is 4. The minimum absolute atomic E-state index is 0.166. The Hall–Kier alpha value is -3.66. The molecule has 0 atom stereocenters. The van der Waals surface area contributed by atoms with Gasteiger partial charge in [0.05, 0.1) is 12.2 Å². The van der Waals surface area contributed by atoms with Crippen molar-refractivity contribution in [3.63, 3.8) is 0 Å². The average molecular weight is 389 g/mol. The van der Waals surface area contributed by atoms with Crippen molar-refractivity contribution in [1.82, 2.24) is 19.2 Å². The molecular formula is C22H23N5O2. The summed E-state index contributed by atoms with van der Waals surface area (Å²) in [6.45, 7) is 2.48. The van der Waals surface area contributed by atoms with Crippen LogP contribution in [-0.2, 0) is 26.6 Å². The van der Waals surface area contributed by atoms with Crippen LogP contribution in [0.2, 0.25) is 0 Å². The predicted molar refractivity (Wildman–Crippen MR) is 109 cm³/mol. The molecule has 0 saturated heterocycles. The summed E-state index contributed by atoms with van der Waals surface area (Å²) in [4.78, 5) is 27.4. The number of aromatic nitrogens is 3. The molecule has 148 valence electrons. The third-order valence-electron chi connectivity index (χ3n) is 4.86. The van der Waals surface area contributed by atoms with Crippen LogP contribution in [0.25, 0.3) is 0 Å². The number of carbonyl (C=O) groups excluding carboxylic acids is 1. The van der Waals surface area contributed by atoms with E-state index >= 15 is 0 Å². The molecule has 0 N–H and O–H groups in total. The maximum Gasteiger partial charge on any atom is 0.263 e. The van der Waals surface area contributed by atoms with Crippen molar-refractivity contribution in [2.75, 3.05) is 7.05 Å². The van der Waals surface area contributed by atoms with Crippen LogP contribution in [0.3, 0.4) is 0 Å². The van der Waals surface area contributed by atoms with Crippen molar-refractivity contribution >= 4 is 5.91 Å². The molecular weight excluding hydrogens is 366 g/mol. The van der Waals surface area contributed by atoms with Crippen molar-refractivity contribution in [2.45, 2.75) is 26.4 Å². The van der Waals surface area contributed by atoms with Crippen LogP contribution in [0.5, 0.6) is 0 Å². The summed E-state index contributed by atoms with van der Waals surface area (Å²) in [6.07, 6.45) is 2.44. The Balaban J connectivity index is 1.80. The fourth-order valence-corrected chi connectivity index (χ4v) is 3.21. The second-order valence-electron chi connectivity index (χ2n) is 7.03. The first-order chi connectivity index (χ1) is 13.9. The van der Waals surface area contributed by atoms with Crippen LogP contribution in [-0.4, -0.2) is 32.2 Å². The first-order valence-electron chi connectivity index (χ1n) is 9.33. The first-order valence-corrected chi connectivity index (χ1v) is 9.33. The number of benzene rings is 1. The van der Waals surface area contributed by atoms with E-state index in [1.807, 2.05) is 36.4 Å².